The van der Waals surface area contributed by atoms with Crippen LogP contribution < -0.4 is 5.73 Å². The summed E-state index contributed by atoms with van der Waals surface area (Å²) in [5.41, 5.74) is 5.43. The summed E-state index contributed by atoms with van der Waals surface area (Å²) in [6.45, 7) is 12.7. The third kappa shape index (κ3) is 4.57. The molecule has 2 bridgehead atoms. The van der Waals surface area contributed by atoms with E-state index < -0.39 is 17.6 Å². The number of hydrogen-bond donors (Lipinski definition) is 2. The maximum absolute atomic E-state index is 13.4. The summed E-state index contributed by atoms with van der Waals surface area (Å²) in [7, 11) is 0. The average Bonchev–Trinajstić information content (AvgIpc) is 3.17. The zero-order valence-electron chi connectivity index (χ0n) is 21.6. The Morgan fingerprint density at radius 3 is 2.71 bits per heavy atom. The van der Waals surface area contributed by atoms with Crippen LogP contribution in [0.2, 0.25) is 0 Å². The van der Waals surface area contributed by atoms with Crippen LogP contribution in [-0.2, 0) is 14.3 Å². The minimum absolute atomic E-state index is 0.0395. The number of thioether (sulfide) groups is 1. The number of hydrogen-bond acceptors (Lipinski definition) is 6. The second kappa shape index (κ2) is 9.59. The number of anilines is 1. The molecule has 3 N–H and O–H groups in total. The fourth-order valence-corrected chi connectivity index (χ4v) is 8.46. The molecule has 5 nitrogen and oxygen atoms in total. The highest BCUT2D eigenvalue weighted by Gasteiger charge is 2.65. The van der Waals surface area contributed by atoms with Gasteiger partial charge in [0.05, 0.1) is 11.9 Å². The van der Waals surface area contributed by atoms with Gasteiger partial charge < -0.3 is 15.6 Å². The van der Waals surface area contributed by atoms with Crippen LogP contribution in [0.25, 0.3) is 0 Å². The molecule has 8 atom stereocenters. The lowest BCUT2D eigenvalue weighted by atomic mass is 9.48. The Kier molecular flexibility index (Phi) is 7.20. The summed E-state index contributed by atoms with van der Waals surface area (Å²) >= 11 is 1.41. The van der Waals surface area contributed by atoms with Crippen LogP contribution in [0.15, 0.2) is 41.8 Å². The highest BCUT2D eigenvalue weighted by atomic mass is 32.2. The van der Waals surface area contributed by atoms with E-state index in [9.17, 15) is 14.7 Å². The maximum atomic E-state index is 13.4. The molecule has 3 aliphatic rings. The van der Waals surface area contributed by atoms with Crippen LogP contribution in [0.5, 0.6) is 0 Å². The van der Waals surface area contributed by atoms with Gasteiger partial charge in [0.2, 0.25) is 0 Å². The van der Waals surface area contributed by atoms with Crippen molar-refractivity contribution < 1.29 is 19.4 Å². The van der Waals surface area contributed by atoms with Gasteiger partial charge in [-0.2, -0.15) is 0 Å². The molecule has 0 amide bonds. The number of aliphatic hydroxyl groups excluding tert-OH is 1. The first-order chi connectivity index (χ1) is 16.4. The quantitative estimate of drug-likeness (QED) is 0.235. The summed E-state index contributed by atoms with van der Waals surface area (Å²) < 4.78 is 6.14. The lowest BCUT2D eigenvalue weighted by Gasteiger charge is -2.56. The molecule has 0 radical (unpaired) electrons. The van der Waals surface area contributed by atoms with E-state index in [2.05, 4.69) is 27.4 Å². The standard InChI is InChI=1S/C29H41NO4S/c1-6-27(4)15-21(34-24(32)17-35-22-9-7-8-20(30)14-22)16-28(5)18(2)10-12-29(19(3)26(27)33)13-11-23(31)25(28)29/h6-9,14,18-19,21,25-26,33H,1,10-13,15-17,30H2,2-5H3/t18-,19+,21-,25?,26?,27-,28-,29?/m1/s1. The van der Waals surface area contributed by atoms with Gasteiger partial charge in [-0.05, 0) is 73.0 Å². The number of benzene rings is 1. The van der Waals surface area contributed by atoms with Crippen LogP contribution in [0.1, 0.15) is 66.2 Å². The Balaban J connectivity index is 1.64. The Morgan fingerprint density at radius 2 is 2.03 bits per heavy atom. The smallest absolute Gasteiger partial charge is 0.316 e. The SMILES string of the molecule is C=C[C@]1(C)C[C@@H](OC(=O)CSc2cccc(N)c2)C[C@@]2(C)C3C(=O)CCC3(CC[C@H]2C)[C@@H](C)C1O. The van der Waals surface area contributed by atoms with Crippen LogP contribution in [0, 0.1) is 34.0 Å². The number of ketones is 1. The first-order valence-electron chi connectivity index (χ1n) is 13.0. The maximum Gasteiger partial charge on any atom is 0.316 e. The highest BCUT2D eigenvalue weighted by Crippen LogP contribution is 2.66. The Hall–Kier alpha value is -1.79. The Bertz CT molecular complexity index is 997. The number of nitrogens with two attached hydrogens (primary N) is 1. The molecule has 3 fully saturated rings. The fraction of sp³-hybridized carbons (Fsp3) is 0.655. The van der Waals surface area contributed by atoms with Crippen molar-refractivity contribution in [2.45, 2.75) is 83.3 Å². The molecule has 1 aromatic carbocycles. The normalized spacial score (nSPS) is 41.3. The molecule has 3 unspecified atom stereocenters. The number of carbonyl (C=O) groups is 2. The zero-order valence-corrected chi connectivity index (χ0v) is 22.4. The first kappa shape index (κ1) is 26.3. The third-order valence-electron chi connectivity index (χ3n) is 9.93. The molecule has 0 saturated heterocycles. The molecule has 4 rings (SSSR count). The van der Waals surface area contributed by atoms with E-state index >= 15 is 0 Å². The summed E-state index contributed by atoms with van der Waals surface area (Å²) in [5.74, 6) is 0.403. The largest absolute Gasteiger partial charge is 0.462 e. The molecule has 0 aromatic heterocycles. The number of esters is 1. The molecular weight excluding hydrogens is 458 g/mol. The van der Waals surface area contributed by atoms with E-state index in [1.807, 2.05) is 37.3 Å². The van der Waals surface area contributed by atoms with Crippen molar-refractivity contribution in [1.29, 1.82) is 0 Å². The lowest BCUT2D eigenvalue weighted by molar-refractivity contribution is -0.154. The van der Waals surface area contributed by atoms with Crippen molar-refractivity contribution in [2.75, 3.05) is 11.5 Å². The molecule has 6 heteroatoms. The van der Waals surface area contributed by atoms with Gasteiger partial charge in [0.15, 0.2) is 0 Å². The average molecular weight is 500 g/mol. The van der Waals surface area contributed by atoms with Gasteiger partial charge in [0.1, 0.15) is 11.9 Å². The van der Waals surface area contributed by atoms with Gasteiger partial charge in [-0.25, -0.2) is 0 Å². The van der Waals surface area contributed by atoms with E-state index in [0.29, 0.717) is 36.7 Å². The topological polar surface area (TPSA) is 89.6 Å². The predicted molar refractivity (Wildman–Crippen MR) is 141 cm³/mol. The Morgan fingerprint density at radius 1 is 1.29 bits per heavy atom. The van der Waals surface area contributed by atoms with Crippen molar-refractivity contribution in [1.82, 2.24) is 0 Å². The monoisotopic (exact) mass is 499 g/mol. The summed E-state index contributed by atoms with van der Waals surface area (Å²) in [5, 5.41) is 11.7. The molecule has 0 heterocycles. The van der Waals surface area contributed by atoms with Gasteiger partial charge in [-0.3, -0.25) is 9.59 Å². The summed E-state index contributed by atoms with van der Waals surface area (Å²) in [4.78, 5) is 27.4. The van der Waals surface area contributed by atoms with Crippen molar-refractivity contribution in [2.24, 2.45) is 34.0 Å². The summed E-state index contributed by atoms with van der Waals surface area (Å²) in [6, 6.07) is 7.46. The van der Waals surface area contributed by atoms with Gasteiger partial charge in [0.25, 0.3) is 0 Å². The number of ether oxygens (including phenoxy) is 1. The van der Waals surface area contributed by atoms with Gasteiger partial charge in [0, 0.05) is 28.3 Å². The second-order valence-corrected chi connectivity index (χ2v) is 13.0. The number of carbonyl (C=O) groups excluding carboxylic acids is 2. The number of aliphatic hydroxyl groups is 1. The van der Waals surface area contributed by atoms with E-state index in [-0.39, 0.29) is 34.4 Å². The molecule has 192 valence electrons. The van der Waals surface area contributed by atoms with E-state index in [1.165, 1.54) is 11.8 Å². The van der Waals surface area contributed by atoms with E-state index in [4.69, 9.17) is 10.5 Å². The van der Waals surface area contributed by atoms with E-state index in [1.54, 1.807) is 0 Å². The van der Waals surface area contributed by atoms with E-state index in [0.717, 1.165) is 24.2 Å². The molecule has 0 spiro atoms. The molecular formula is C29H41NO4S. The van der Waals surface area contributed by atoms with Gasteiger partial charge in [-0.15, -0.1) is 18.3 Å². The number of Topliss-reactive ketones (excluding diaryl/α,β-unsaturated/α-hetero) is 1. The minimum Gasteiger partial charge on any atom is -0.462 e. The third-order valence-corrected chi connectivity index (χ3v) is 10.9. The minimum atomic E-state index is -0.660. The highest BCUT2D eigenvalue weighted by molar-refractivity contribution is 8.00. The number of rotatable bonds is 5. The fourth-order valence-electron chi connectivity index (χ4n) is 7.71. The Labute approximate surface area is 214 Å². The van der Waals surface area contributed by atoms with Crippen LogP contribution in [0.4, 0.5) is 5.69 Å². The van der Waals surface area contributed by atoms with Crippen LogP contribution >= 0.6 is 11.8 Å². The first-order valence-corrected chi connectivity index (χ1v) is 14.0. The van der Waals surface area contributed by atoms with Crippen molar-refractivity contribution in [3.05, 3.63) is 36.9 Å². The van der Waals surface area contributed by atoms with Crippen molar-refractivity contribution in [3.8, 4) is 0 Å². The van der Waals surface area contributed by atoms with Gasteiger partial charge in [-0.1, -0.05) is 39.8 Å². The predicted octanol–water partition coefficient (Wildman–Crippen LogP) is 5.66. The second-order valence-electron chi connectivity index (χ2n) is 11.9. The lowest BCUT2D eigenvalue weighted by Crippen LogP contribution is -2.54. The van der Waals surface area contributed by atoms with Crippen LogP contribution in [0.3, 0.4) is 0 Å². The molecule has 3 aliphatic carbocycles. The summed E-state index contributed by atoms with van der Waals surface area (Å²) in [6.07, 6.45) is 5.30. The van der Waals surface area contributed by atoms with Crippen LogP contribution in [-0.4, -0.2) is 34.8 Å². The molecule has 1 aromatic rings. The zero-order chi connectivity index (χ0) is 25.6. The molecule has 0 aliphatic heterocycles. The van der Waals surface area contributed by atoms with Crippen molar-refractivity contribution in [3.63, 3.8) is 0 Å². The van der Waals surface area contributed by atoms with Crippen molar-refractivity contribution >= 4 is 29.2 Å². The number of nitrogen functional groups attached to an aromatic ring is 1. The molecule has 3 saturated carbocycles. The molecule has 35 heavy (non-hydrogen) atoms. The van der Waals surface area contributed by atoms with Gasteiger partial charge >= 0.3 is 5.97 Å².